The van der Waals surface area contributed by atoms with Gasteiger partial charge in [0.05, 0.1) is 7.11 Å². The Morgan fingerprint density at radius 3 is 2.18 bits per heavy atom. The maximum Gasteiger partial charge on any atom is 0.326 e. The fourth-order valence-electron chi connectivity index (χ4n) is 3.13. The van der Waals surface area contributed by atoms with Gasteiger partial charge in [-0.15, -0.1) is 0 Å². The summed E-state index contributed by atoms with van der Waals surface area (Å²) >= 11 is 0. The normalized spacial score (nSPS) is 10.2. The van der Waals surface area contributed by atoms with Crippen LogP contribution in [0.5, 0.6) is 5.75 Å². The number of anilines is 1. The van der Waals surface area contributed by atoms with E-state index < -0.39 is 11.9 Å². The van der Waals surface area contributed by atoms with Crippen molar-refractivity contribution in [2.45, 2.75) is 13.8 Å². The number of rotatable bonds is 4. The first-order valence-electron chi connectivity index (χ1n) is 8.91. The summed E-state index contributed by atoms with van der Waals surface area (Å²) in [5.41, 5.74) is 4.61. The lowest BCUT2D eigenvalue weighted by Gasteiger charge is -2.13. The van der Waals surface area contributed by atoms with E-state index in [9.17, 15) is 9.59 Å². The van der Waals surface area contributed by atoms with Gasteiger partial charge >= 0.3 is 6.03 Å². The average Bonchev–Trinajstić information content (AvgIpc) is 2.68. The number of nitrogens with one attached hydrogen (secondary N) is 2. The minimum atomic E-state index is -0.595. The van der Waals surface area contributed by atoms with Crippen LogP contribution in [-0.2, 0) is 0 Å². The molecule has 0 aliphatic heterocycles. The fraction of sp³-hybridized carbons (Fsp3) is 0.130. The molecule has 0 saturated carbocycles. The van der Waals surface area contributed by atoms with Gasteiger partial charge in [-0.05, 0) is 42.7 Å². The third-order valence-corrected chi connectivity index (χ3v) is 4.48. The third kappa shape index (κ3) is 4.20. The van der Waals surface area contributed by atoms with E-state index in [1.807, 2.05) is 68.4 Å². The van der Waals surface area contributed by atoms with E-state index in [4.69, 9.17) is 4.74 Å². The van der Waals surface area contributed by atoms with Crippen LogP contribution < -0.4 is 15.4 Å². The van der Waals surface area contributed by atoms with Crippen molar-refractivity contribution in [3.8, 4) is 16.9 Å². The van der Waals surface area contributed by atoms with Crippen LogP contribution in [0.2, 0.25) is 0 Å². The summed E-state index contributed by atoms with van der Waals surface area (Å²) in [6.07, 6.45) is 0. The molecule has 0 heterocycles. The van der Waals surface area contributed by atoms with Crippen molar-refractivity contribution in [1.29, 1.82) is 0 Å². The molecule has 5 heteroatoms. The molecule has 0 aliphatic carbocycles. The molecule has 0 radical (unpaired) electrons. The Morgan fingerprint density at radius 2 is 1.54 bits per heavy atom. The predicted octanol–water partition coefficient (Wildman–Crippen LogP) is 4.94. The van der Waals surface area contributed by atoms with E-state index in [1.54, 1.807) is 19.2 Å². The maximum absolute atomic E-state index is 12.5. The molecule has 5 nitrogen and oxygen atoms in total. The number of carbonyl (C=O) groups is 2. The van der Waals surface area contributed by atoms with Gasteiger partial charge in [0.2, 0.25) is 0 Å². The van der Waals surface area contributed by atoms with Crippen LogP contribution in [0.1, 0.15) is 21.5 Å². The first kappa shape index (κ1) is 19.2. The molecule has 3 amide bonds. The lowest BCUT2D eigenvalue weighted by Crippen LogP contribution is -2.35. The second-order valence-electron chi connectivity index (χ2n) is 6.46. The molecule has 0 fully saturated rings. The van der Waals surface area contributed by atoms with Crippen molar-refractivity contribution in [2.24, 2.45) is 0 Å². The molecule has 0 aliphatic rings. The van der Waals surface area contributed by atoms with Crippen LogP contribution in [0, 0.1) is 13.8 Å². The van der Waals surface area contributed by atoms with E-state index in [1.165, 1.54) is 0 Å². The Morgan fingerprint density at radius 1 is 0.857 bits per heavy atom. The molecule has 0 saturated heterocycles. The van der Waals surface area contributed by atoms with Crippen LogP contribution in [0.3, 0.4) is 0 Å². The highest BCUT2D eigenvalue weighted by Gasteiger charge is 2.15. The van der Waals surface area contributed by atoms with Gasteiger partial charge in [-0.1, -0.05) is 48.5 Å². The Kier molecular flexibility index (Phi) is 5.75. The quantitative estimate of drug-likeness (QED) is 0.680. The predicted molar refractivity (Wildman–Crippen MR) is 111 cm³/mol. The highest BCUT2D eigenvalue weighted by atomic mass is 16.5. The number of imide groups is 1. The van der Waals surface area contributed by atoms with Gasteiger partial charge in [0.25, 0.3) is 5.91 Å². The van der Waals surface area contributed by atoms with Gasteiger partial charge in [-0.25, -0.2) is 4.79 Å². The van der Waals surface area contributed by atoms with Gasteiger partial charge < -0.3 is 10.1 Å². The van der Waals surface area contributed by atoms with Crippen LogP contribution in [-0.4, -0.2) is 19.0 Å². The van der Waals surface area contributed by atoms with E-state index in [2.05, 4.69) is 10.6 Å². The molecule has 0 unspecified atom stereocenters. The summed E-state index contributed by atoms with van der Waals surface area (Å²) in [6, 6.07) is 20.2. The van der Waals surface area contributed by atoms with Gasteiger partial charge in [-0.3, -0.25) is 10.1 Å². The number of ether oxygens (including phenoxy) is 1. The highest BCUT2D eigenvalue weighted by Crippen LogP contribution is 2.32. The largest absolute Gasteiger partial charge is 0.496 e. The molecular formula is C23H22N2O3. The van der Waals surface area contributed by atoms with Crippen molar-refractivity contribution in [3.63, 3.8) is 0 Å². The number of methoxy groups -OCH3 is 1. The lowest BCUT2D eigenvalue weighted by molar-refractivity contribution is 0.0966. The number of amides is 3. The van der Waals surface area contributed by atoms with Crippen molar-refractivity contribution in [1.82, 2.24) is 5.32 Å². The van der Waals surface area contributed by atoms with E-state index in [-0.39, 0.29) is 0 Å². The van der Waals surface area contributed by atoms with Crippen molar-refractivity contribution in [2.75, 3.05) is 12.4 Å². The summed E-state index contributed by atoms with van der Waals surface area (Å²) in [4.78, 5) is 24.7. The number of hydrogen-bond donors (Lipinski definition) is 2. The zero-order valence-corrected chi connectivity index (χ0v) is 16.1. The summed E-state index contributed by atoms with van der Waals surface area (Å²) in [5.74, 6) is 0.200. The minimum Gasteiger partial charge on any atom is -0.496 e. The van der Waals surface area contributed by atoms with Crippen LogP contribution >= 0.6 is 0 Å². The molecule has 0 spiro atoms. The molecule has 142 valence electrons. The lowest BCUT2D eigenvalue weighted by atomic mass is 10.0. The first-order chi connectivity index (χ1) is 13.5. The van der Waals surface area contributed by atoms with Crippen LogP contribution in [0.25, 0.3) is 11.1 Å². The third-order valence-electron chi connectivity index (χ3n) is 4.48. The molecular weight excluding hydrogens is 352 g/mol. The van der Waals surface area contributed by atoms with Crippen LogP contribution in [0.4, 0.5) is 10.5 Å². The zero-order valence-electron chi connectivity index (χ0n) is 16.1. The van der Waals surface area contributed by atoms with Crippen molar-refractivity contribution in [3.05, 3.63) is 83.4 Å². The summed E-state index contributed by atoms with van der Waals surface area (Å²) in [5, 5.41) is 5.06. The molecule has 2 N–H and O–H groups in total. The van der Waals surface area contributed by atoms with Gasteiger partial charge in [0.15, 0.2) is 0 Å². The van der Waals surface area contributed by atoms with Crippen LogP contribution in [0.15, 0.2) is 66.7 Å². The number of urea groups is 1. The second kappa shape index (κ2) is 8.39. The summed E-state index contributed by atoms with van der Waals surface area (Å²) in [6.45, 7) is 3.68. The fourth-order valence-corrected chi connectivity index (χ4v) is 3.13. The second-order valence-corrected chi connectivity index (χ2v) is 6.46. The topological polar surface area (TPSA) is 67.4 Å². The minimum absolute atomic E-state index is 0.430. The smallest absolute Gasteiger partial charge is 0.326 e. The SMILES string of the molecule is COc1cc(NC(=O)NC(=O)c2c(C)cccc2C)ccc1-c1ccccc1. The average molecular weight is 374 g/mol. The summed E-state index contributed by atoms with van der Waals surface area (Å²) in [7, 11) is 1.58. The number of carbonyl (C=O) groups excluding carboxylic acids is 2. The molecule has 3 aromatic carbocycles. The molecule has 3 aromatic rings. The zero-order chi connectivity index (χ0) is 20.1. The molecule has 3 rings (SSSR count). The number of benzene rings is 3. The highest BCUT2D eigenvalue weighted by molar-refractivity contribution is 6.09. The van der Waals surface area contributed by atoms with E-state index in [0.717, 1.165) is 22.3 Å². The standard InChI is InChI=1S/C23H22N2O3/c1-15-8-7-9-16(2)21(15)22(26)25-23(27)24-18-12-13-19(20(14-18)28-3)17-10-5-4-6-11-17/h4-14H,1-3H3,(H2,24,25,26,27). The van der Waals surface area contributed by atoms with E-state index in [0.29, 0.717) is 17.0 Å². The van der Waals surface area contributed by atoms with Gasteiger partial charge in [0.1, 0.15) is 5.75 Å². The Bertz CT molecular complexity index is 993. The summed E-state index contributed by atoms with van der Waals surface area (Å²) < 4.78 is 5.47. The van der Waals surface area contributed by atoms with Crippen molar-refractivity contribution >= 4 is 17.6 Å². The maximum atomic E-state index is 12.5. The number of aryl methyl sites for hydroxylation is 2. The Labute approximate surface area is 164 Å². The van der Waals surface area contributed by atoms with Gasteiger partial charge in [0, 0.05) is 22.9 Å². The molecule has 0 bridgehead atoms. The Balaban J connectivity index is 1.75. The molecule has 0 atom stereocenters. The van der Waals surface area contributed by atoms with E-state index >= 15 is 0 Å². The molecule has 0 aromatic heterocycles. The Hall–Kier alpha value is -3.60. The number of hydrogen-bond acceptors (Lipinski definition) is 3. The van der Waals surface area contributed by atoms with Crippen molar-refractivity contribution < 1.29 is 14.3 Å². The molecule has 28 heavy (non-hydrogen) atoms. The van der Waals surface area contributed by atoms with Gasteiger partial charge in [-0.2, -0.15) is 0 Å². The first-order valence-corrected chi connectivity index (χ1v) is 8.91. The monoisotopic (exact) mass is 374 g/mol.